The molecule has 1 saturated heterocycles. The number of halogens is 3. The van der Waals surface area contributed by atoms with Crippen LogP contribution in [0.15, 0.2) is 71.6 Å². The summed E-state index contributed by atoms with van der Waals surface area (Å²) in [6.45, 7) is 0.793. The van der Waals surface area contributed by atoms with Gasteiger partial charge in [-0.15, -0.1) is 0 Å². The average Bonchev–Trinajstić information content (AvgIpc) is 3.14. The van der Waals surface area contributed by atoms with E-state index in [4.69, 9.17) is 56.5 Å². The molecule has 0 spiro atoms. The molecule has 6 nitrogen and oxygen atoms in total. The third-order valence-electron chi connectivity index (χ3n) is 5.42. The second kappa shape index (κ2) is 12.0. The number of carbonyl (C=O) groups excluding carboxylic acids is 2. The number of methoxy groups -OCH3 is 1. The molecule has 0 radical (unpaired) electrons. The number of alkyl halides is 3. The van der Waals surface area contributed by atoms with Gasteiger partial charge >= 0.3 is 0 Å². The van der Waals surface area contributed by atoms with Crippen LogP contribution >= 0.6 is 58.8 Å². The van der Waals surface area contributed by atoms with Crippen LogP contribution in [0.25, 0.3) is 16.8 Å². The van der Waals surface area contributed by atoms with E-state index in [-0.39, 0.29) is 5.91 Å². The molecule has 4 rings (SSSR count). The molecule has 1 atom stereocenters. The molecule has 2 amide bonds. The zero-order chi connectivity index (χ0) is 26.6. The Labute approximate surface area is 238 Å². The number of ether oxygens (including phenoxy) is 2. The zero-order valence-corrected chi connectivity index (χ0v) is 23.4. The standard InChI is InChI=1S/C26H21Cl3N2O4S2/c1-34-14-13-31-23(33)21(37-25(31)36)15-16-9-11-18(12-10-16)35-24(26(27,28)29)30-22(32)20-8-4-6-17-5-2-3-7-19(17)20/h2-12,15,24H,13-14H2,1H3,(H,30,32)/b21-15-/t24-/m0/s1. The SMILES string of the molecule is COCCN1C(=O)/C(=C/c2ccc(O[C@H](NC(=O)c3cccc4ccccc34)C(Cl)(Cl)Cl)cc2)SC1=S. The number of fused-ring (bicyclic) bond motifs is 1. The third kappa shape index (κ3) is 6.76. The monoisotopic (exact) mass is 594 g/mol. The van der Waals surface area contributed by atoms with Crippen LogP contribution in [0.4, 0.5) is 0 Å². The second-order valence-corrected chi connectivity index (χ2v) is 12.0. The van der Waals surface area contributed by atoms with Crippen molar-refractivity contribution in [2.24, 2.45) is 0 Å². The summed E-state index contributed by atoms with van der Waals surface area (Å²) in [6.07, 6.45) is 0.469. The first-order valence-electron chi connectivity index (χ1n) is 11.0. The van der Waals surface area contributed by atoms with Gasteiger partial charge in [-0.3, -0.25) is 14.5 Å². The molecule has 3 aromatic carbocycles. The molecule has 0 saturated carbocycles. The number of amides is 2. The van der Waals surface area contributed by atoms with E-state index in [1.54, 1.807) is 49.6 Å². The Balaban J connectivity index is 1.48. The Morgan fingerprint density at radius 3 is 2.51 bits per heavy atom. The Bertz CT molecular complexity index is 1350. The van der Waals surface area contributed by atoms with Crippen LogP contribution in [0.5, 0.6) is 5.75 Å². The van der Waals surface area contributed by atoms with Gasteiger partial charge in [-0.2, -0.15) is 0 Å². The normalized spacial score (nSPS) is 15.9. The summed E-state index contributed by atoms with van der Waals surface area (Å²) in [5, 5.41) is 4.35. The smallest absolute Gasteiger partial charge is 0.266 e. The maximum Gasteiger partial charge on any atom is 0.266 e. The summed E-state index contributed by atoms with van der Waals surface area (Å²) in [7, 11) is 1.57. The van der Waals surface area contributed by atoms with Crippen molar-refractivity contribution < 1.29 is 19.1 Å². The summed E-state index contributed by atoms with van der Waals surface area (Å²) >= 11 is 25.0. The number of rotatable bonds is 8. The van der Waals surface area contributed by atoms with Gasteiger partial charge in [0, 0.05) is 12.7 Å². The zero-order valence-electron chi connectivity index (χ0n) is 19.5. The number of hydrogen-bond donors (Lipinski definition) is 1. The van der Waals surface area contributed by atoms with Gasteiger partial charge in [0.15, 0.2) is 0 Å². The number of thiocarbonyl (C=S) groups is 1. The lowest BCUT2D eigenvalue weighted by molar-refractivity contribution is -0.122. The van der Waals surface area contributed by atoms with Gasteiger partial charge in [0.25, 0.3) is 11.8 Å². The van der Waals surface area contributed by atoms with E-state index in [0.29, 0.717) is 33.7 Å². The first kappa shape index (κ1) is 27.7. The lowest BCUT2D eigenvalue weighted by atomic mass is 10.0. The van der Waals surface area contributed by atoms with Gasteiger partial charge in [0.05, 0.1) is 18.1 Å². The highest BCUT2D eigenvalue weighted by atomic mass is 35.6. The second-order valence-electron chi connectivity index (χ2n) is 7.93. The summed E-state index contributed by atoms with van der Waals surface area (Å²) in [5.74, 6) is -0.251. The van der Waals surface area contributed by atoms with E-state index in [2.05, 4.69) is 5.32 Å². The van der Waals surface area contributed by atoms with Gasteiger partial charge in [0.1, 0.15) is 10.1 Å². The fourth-order valence-electron chi connectivity index (χ4n) is 3.60. The highest BCUT2D eigenvalue weighted by molar-refractivity contribution is 8.26. The van der Waals surface area contributed by atoms with Crippen molar-refractivity contribution in [2.75, 3.05) is 20.3 Å². The van der Waals surface area contributed by atoms with Crippen LogP contribution in [0.2, 0.25) is 0 Å². The van der Waals surface area contributed by atoms with E-state index >= 15 is 0 Å². The Morgan fingerprint density at radius 1 is 1.11 bits per heavy atom. The van der Waals surface area contributed by atoms with E-state index in [0.717, 1.165) is 16.3 Å². The van der Waals surface area contributed by atoms with E-state index < -0.39 is 15.9 Å². The molecular weight excluding hydrogens is 575 g/mol. The molecule has 3 aromatic rings. The number of nitrogens with zero attached hydrogens (tertiary/aromatic N) is 1. The summed E-state index contributed by atoms with van der Waals surface area (Å²) in [6, 6.07) is 19.7. The van der Waals surface area contributed by atoms with Gasteiger partial charge in [-0.05, 0) is 40.6 Å². The predicted molar refractivity (Wildman–Crippen MR) is 154 cm³/mol. The molecule has 0 unspecified atom stereocenters. The molecule has 37 heavy (non-hydrogen) atoms. The van der Waals surface area contributed by atoms with Crippen molar-refractivity contribution >= 4 is 91.8 Å². The summed E-state index contributed by atoms with van der Waals surface area (Å²) in [4.78, 5) is 27.7. The minimum absolute atomic E-state index is 0.167. The van der Waals surface area contributed by atoms with E-state index in [1.165, 1.54) is 16.7 Å². The van der Waals surface area contributed by atoms with Crippen LogP contribution in [0, 0.1) is 0 Å². The molecule has 1 heterocycles. The third-order valence-corrected chi connectivity index (χ3v) is 7.39. The van der Waals surface area contributed by atoms with Gasteiger partial charge < -0.3 is 14.8 Å². The van der Waals surface area contributed by atoms with Crippen molar-refractivity contribution in [3.63, 3.8) is 0 Å². The number of thioether (sulfide) groups is 1. The minimum Gasteiger partial charge on any atom is -0.466 e. The van der Waals surface area contributed by atoms with E-state index in [1.807, 2.05) is 30.3 Å². The van der Waals surface area contributed by atoms with Gasteiger partial charge in [-0.25, -0.2) is 0 Å². The number of nitrogens with one attached hydrogen (secondary N) is 1. The summed E-state index contributed by atoms with van der Waals surface area (Å²) in [5.41, 5.74) is 1.18. The molecule has 1 aliphatic rings. The summed E-state index contributed by atoms with van der Waals surface area (Å²) < 4.78 is 9.42. The highest BCUT2D eigenvalue weighted by Gasteiger charge is 2.37. The molecule has 1 aliphatic heterocycles. The fraction of sp³-hybridized carbons (Fsp3) is 0.192. The number of hydrogen-bond acceptors (Lipinski definition) is 6. The van der Waals surface area contributed by atoms with Crippen molar-refractivity contribution in [3.05, 3.63) is 82.8 Å². The largest absolute Gasteiger partial charge is 0.466 e. The van der Waals surface area contributed by atoms with Gasteiger partial charge in [-0.1, -0.05) is 107 Å². The molecular formula is C26H21Cl3N2O4S2. The maximum atomic E-state index is 13.1. The molecule has 0 aliphatic carbocycles. The Hall–Kier alpha value is -2.33. The first-order chi connectivity index (χ1) is 17.7. The predicted octanol–water partition coefficient (Wildman–Crippen LogP) is 6.19. The van der Waals surface area contributed by atoms with Crippen LogP contribution in [-0.2, 0) is 9.53 Å². The van der Waals surface area contributed by atoms with Crippen molar-refractivity contribution in [1.82, 2.24) is 10.2 Å². The molecule has 1 N–H and O–H groups in total. The van der Waals surface area contributed by atoms with Crippen LogP contribution < -0.4 is 10.1 Å². The topological polar surface area (TPSA) is 67.9 Å². The highest BCUT2D eigenvalue weighted by Crippen LogP contribution is 2.34. The van der Waals surface area contributed by atoms with Gasteiger partial charge in [0.2, 0.25) is 10.0 Å². The van der Waals surface area contributed by atoms with Crippen molar-refractivity contribution in [1.29, 1.82) is 0 Å². The molecule has 0 aromatic heterocycles. The molecule has 192 valence electrons. The molecule has 0 bridgehead atoms. The molecule has 11 heteroatoms. The number of benzene rings is 3. The lowest BCUT2D eigenvalue weighted by Gasteiger charge is -2.26. The quantitative estimate of drug-likeness (QED) is 0.145. The van der Waals surface area contributed by atoms with Crippen LogP contribution in [-0.4, -0.2) is 51.3 Å². The average molecular weight is 596 g/mol. The van der Waals surface area contributed by atoms with E-state index in [9.17, 15) is 9.59 Å². The molecule has 1 fully saturated rings. The Morgan fingerprint density at radius 2 is 1.81 bits per heavy atom. The first-order valence-corrected chi connectivity index (χ1v) is 13.4. The fourth-order valence-corrected chi connectivity index (χ4v) is 5.21. The van der Waals surface area contributed by atoms with Crippen molar-refractivity contribution in [3.8, 4) is 5.75 Å². The maximum absolute atomic E-state index is 13.1. The lowest BCUT2D eigenvalue weighted by Crippen LogP contribution is -2.47. The van der Waals surface area contributed by atoms with Crippen molar-refractivity contribution in [2.45, 2.75) is 10.0 Å². The Kier molecular flexibility index (Phi) is 9.00. The minimum atomic E-state index is -1.95. The van der Waals surface area contributed by atoms with Crippen LogP contribution in [0.1, 0.15) is 15.9 Å². The van der Waals surface area contributed by atoms with Crippen LogP contribution in [0.3, 0.4) is 0 Å². The number of carbonyl (C=O) groups is 2.